The third-order valence-corrected chi connectivity index (χ3v) is 3.20. The Morgan fingerprint density at radius 3 is 2.63 bits per heavy atom. The highest BCUT2D eigenvalue weighted by Gasteiger charge is 2.15. The smallest absolute Gasteiger partial charge is 0.171 e. The molecule has 19 heavy (non-hydrogen) atoms. The molecule has 2 aromatic rings. The van der Waals surface area contributed by atoms with Crippen molar-refractivity contribution in [1.82, 2.24) is 10.3 Å². The molecule has 0 aliphatic heterocycles. The number of benzene rings is 1. The highest BCUT2D eigenvalue weighted by atomic mass is 16.7. The molecule has 4 heteroatoms. The van der Waals surface area contributed by atoms with Crippen molar-refractivity contribution in [3.63, 3.8) is 0 Å². The fourth-order valence-electron chi connectivity index (χ4n) is 2.18. The van der Waals surface area contributed by atoms with Crippen molar-refractivity contribution >= 4 is 10.9 Å². The summed E-state index contributed by atoms with van der Waals surface area (Å²) >= 11 is 0. The van der Waals surface area contributed by atoms with E-state index in [0.717, 1.165) is 17.4 Å². The summed E-state index contributed by atoms with van der Waals surface area (Å²) in [7, 11) is 3.29. The topological polar surface area (TPSA) is 43.4 Å². The van der Waals surface area contributed by atoms with Crippen molar-refractivity contribution in [2.75, 3.05) is 14.2 Å². The largest absolute Gasteiger partial charge is 0.354 e. The minimum Gasteiger partial charge on any atom is -0.354 e. The molecule has 0 fully saturated rings. The zero-order valence-corrected chi connectivity index (χ0v) is 11.6. The summed E-state index contributed by atoms with van der Waals surface area (Å²) in [6.45, 7) is 2.77. The first-order chi connectivity index (χ1) is 9.26. The molecule has 0 aliphatic carbocycles. The maximum Gasteiger partial charge on any atom is 0.171 e. The number of hydrogen-bond donors (Lipinski definition) is 1. The molecule has 1 aromatic carbocycles. The van der Waals surface area contributed by atoms with Gasteiger partial charge in [-0.25, -0.2) is 0 Å². The van der Waals surface area contributed by atoms with Crippen LogP contribution >= 0.6 is 0 Å². The maximum atomic E-state index is 5.24. The molecule has 4 nitrogen and oxygen atoms in total. The molecule has 0 aliphatic rings. The summed E-state index contributed by atoms with van der Waals surface area (Å²) in [6, 6.07) is 10.3. The van der Waals surface area contributed by atoms with Crippen LogP contribution in [0.25, 0.3) is 10.9 Å². The van der Waals surface area contributed by atoms with E-state index in [2.05, 4.69) is 34.6 Å². The Hall–Kier alpha value is -1.49. The van der Waals surface area contributed by atoms with Crippen molar-refractivity contribution < 1.29 is 9.47 Å². The number of aromatic nitrogens is 1. The lowest BCUT2D eigenvalue weighted by atomic mass is 10.1. The lowest BCUT2D eigenvalue weighted by molar-refractivity contribution is -0.119. The lowest BCUT2D eigenvalue weighted by Gasteiger charge is -2.22. The number of methoxy groups -OCH3 is 2. The van der Waals surface area contributed by atoms with Crippen LogP contribution in [0.3, 0.4) is 0 Å². The molecule has 1 N–H and O–H groups in total. The van der Waals surface area contributed by atoms with E-state index in [1.54, 1.807) is 14.2 Å². The van der Waals surface area contributed by atoms with Crippen LogP contribution in [0.5, 0.6) is 0 Å². The predicted molar refractivity (Wildman–Crippen MR) is 75.9 cm³/mol. The first-order valence-corrected chi connectivity index (χ1v) is 6.38. The second-order valence-electron chi connectivity index (χ2n) is 4.50. The highest BCUT2D eigenvalue weighted by molar-refractivity contribution is 5.81. The van der Waals surface area contributed by atoms with Gasteiger partial charge in [-0.05, 0) is 18.6 Å². The molecular weight excluding hydrogens is 240 g/mol. The van der Waals surface area contributed by atoms with E-state index in [4.69, 9.17) is 9.47 Å². The molecule has 0 bridgehead atoms. The van der Waals surface area contributed by atoms with Gasteiger partial charge in [-0.3, -0.25) is 4.98 Å². The van der Waals surface area contributed by atoms with Gasteiger partial charge in [0.05, 0.1) is 11.6 Å². The van der Waals surface area contributed by atoms with Crippen LogP contribution in [0, 0.1) is 0 Å². The Morgan fingerprint density at radius 1 is 1.16 bits per heavy atom. The molecule has 0 saturated heterocycles. The first kappa shape index (κ1) is 13.9. The number of pyridine rings is 1. The van der Waals surface area contributed by atoms with Gasteiger partial charge in [0.1, 0.15) is 0 Å². The molecule has 2 rings (SSSR count). The fraction of sp³-hybridized carbons (Fsp3) is 0.400. The summed E-state index contributed by atoms with van der Waals surface area (Å²) in [6.07, 6.45) is 1.57. The van der Waals surface area contributed by atoms with E-state index in [-0.39, 0.29) is 12.3 Å². The number of nitrogens with zero attached hydrogens (tertiary/aromatic N) is 1. The Bertz CT molecular complexity index is 521. The van der Waals surface area contributed by atoms with Gasteiger partial charge in [-0.2, -0.15) is 0 Å². The normalized spacial score (nSPS) is 13.1. The highest BCUT2D eigenvalue weighted by Crippen LogP contribution is 2.16. The van der Waals surface area contributed by atoms with Crippen molar-refractivity contribution in [2.24, 2.45) is 0 Å². The van der Waals surface area contributed by atoms with E-state index >= 15 is 0 Å². The third-order valence-electron chi connectivity index (χ3n) is 3.20. The van der Waals surface area contributed by atoms with Crippen LogP contribution in [0.4, 0.5) is 0 Å². The van der Waals surface area contributed by atoms with Gasteiger partial charge >= 0.3 is 0 Å². The quantitative estimate of drug-likeness (QED) is 0.810. The fourth-order valence-corrected chi connectivity index (χ4v) is 2.18. The van der Waals surface area contributed by atoms with Crippen molar-refractivity contribution in [1.29, 1.82) is 0 Å². The molecule has 1 heterocycles. The van der Waals surface area contributed by atoms with Crippen molar-refractivity contribution in [3.8, 4) is 0 Å². The number of rotatable bonds is 6. The lowest BCUT2D eigenvalue weighted by Crippen LogP contribution is -2.39. The number of hydrogen-bond acceptors (Lipinski definition) is 4. The average Bonchev–Trinajstić information content (AvgIpc) is 2.46. The SMILES string of the molecule is COC(OC)C(C)NCc1cccc2cccnc12. The van der Waals surface area contributed by atoms with Gasteiger partial charge in [-0.15, -0.1) is 0 Å². The van der Waals surface area contributed by atoms with Gasteiger partial charge in [0, 0.05) is 32.3 Å². The van der Waals surface area contributed by atoms with Gasteiger partial charge in [0.2, 0.25) is 0 Å². The summed E-state index contributed by atoms with van der Waals surface area (Å²) < 4.78 is 10.5. The maximum absolute atomic E-state index is 5.24. The predicted octanol–water partition coefficient (Wildman–Crippen LogP) is 2.33. The van der Waals surface area contributed by atoms with Crippen LogP contribution in [-0.2, 0) is 16.0 Å². The number of para-hydroxylation sites is 1. The van der Waals surface area contributed by atoms with E-state index in [1.807, 2.05) is 19.2 Å². The first-order valence-electron chi connectivity index (χ1n) is 6.38. The van der Waals surface area contributed by atoms with Crippen LogP contribution in [-0.4, -0.2) is 31.5 Å². The third kappa shape index (κ3) is 3.29. The molecule has 102 valence electrons. The summed E-state index contributed by atoms with van der Waals surface area (Å²) in [4.78, 5) is 4.44. The summed E-state index contributed by atoms with van der Waals surface area (Å²) in [5.41, 5.74) is 2.21. The Kier molecular flexibility index (Phi) is 4.85. The zero-order valence-electron chi connectivity index (χ0n) is 11.6. The molecule has 0 radical (unpaired) electrons. The second-order valence-corrected chi connectivity index (χ2v) is 4.50. The average molecular weight is 260 g/mol. The minimum atomic E-state index is -0.247. The molecule has 1 atom stereocenters. The Balaban J connectivity index is 2.09. The summed E-state index contributed by atoms with van der Waals surface area (Å²) in [5.74, 6) is 0. The van der Waals surface area contributed by atoms with Crippen LogP contribution in [0.15, 0.2) is 36.5 Å². The van der Waals surface area contributed by atoms with Gasteiger partial charge < -0.3 is 14.8 Å². The molecular formula is C15H20N2O2. The second kappa shape index (κ2) is 6.61. The molecule has 1 aromatic heterocycles. The monoisotopic (exact) mass is 260 g/mol. The Labute approximate surface area is 113 Å². The number of ether oxygens (including phenoxy) is 2. The molecule has 0 spiro atoms. The van der Waals surface area contributed by atoms with Gasteiger partial charge in [0.25, 0.3) is 0 Å². The molecule has 0 amide bonds. The van der Waals surface area contributed by atoms with Gasteiger partial charge in [-0.1, -0.05) is 24.3 Å². The van der Waals surface area contributed by atoms with Crippen molar-refractivity contribution in [3.05, 3.63) is 42.1 Å². The minimum absolute atomic E-state index is 0.106. The van der Waals surface area contributed by atoms with E-state index < -0.39 is 0 Å². The van der Waals surface area contributed by atoms with E-state index in [9.17, 15) is 0 Å². The van der Waals surface area contributed by atoms with E-state index in [1.165, 1.54) is 5.56 Å². The Morgan fingerprint density at radius 2 is 1.89 bits per heavy atom. The zero-order chi connectivity index (χ0) is 13.7. The summed E-state index contributed by atoms with van der Waals surface area (Å²) in [5, 5.41) is 4.56. The number of fused-ring (bicyclic) bond motifs is 1. The van der Waals surface area contributed by atoms with Gasteiger partial charge in [0.15, 0.2) is 6.29 Å². The molecule has 0 saturated carbocycles. The standard InChI is InChI=1S/C15H20N2O2/c1-11(15(18-2)19-3)17-10-13-7-4-6-12-8-5-9-16-14(12)13/h4-9,11,15,17H,10H2,1-3H3. The van der Waals surface area contributed by atoms with Crippen molar-refractivity contribution in [2.45, 2.75) is 25.8 Å². The van der Waals surface area contributed by atoms with Crippen LogP contribution < -0.4 is 5.32 Å². The number of nitrogens with one attached hydrogen (secondary N) is 1. The molecule has 1 unspecified atom stereocenters. The van der Waals surface area contributed by atoms with E-state index in [0.29, 0.717) is 0 Å². The van der Waals surface area contributed by atoms with Crippen LogP contribution in [0.2, 0.25) is 0 Å². The van der Waals surface area contributed by atoms with Crippen LogP contribution in [0.1, 0.15) is 12.5 Å².